The minimum Gasteiger partial charge on any atom is -0.394 e. The molecule has 2 aromatic rings. The van der Waals surface area contributed by atoms with E-state index in [1.54, 1.807) is 24.3 Å². The van der Waals surface area contributed by atoms with Crippen molar-refractivity contribution in [1.82, 2.24) is 29.9 Å². The number of benzene rings is 2. The van der Waals surface area contributed by atoms with Gasteiger partial charge in [0, 0.05) is 38.0 Å². The molecule has 10 rings (SSSR count). The number of alkyl halides is 2. The van der Waals surface area contributed by atoms with Gasteiger partial charge in [-0.15, -0.1) is 23.2 Å². The number of imide groups is 2. The average Bonchev–Trinajstić information content (AvgIpc) is 1.83. The third-order valence-corrected chi connectivity index (χ3v) is 22.4. The molecule has 0 bridgehead atoms. The van der Waals surface area contributed by atoms with Gasteiger partial charge in [0.15, 0.2) is 0 Å². The van der Waals surface area contributed by atoms with Crippen molar-refractivity contribution in [2.75, 3.05) is 66.0 Å². The number of amidine groups is 2. The van der Waals surface area contributed by atoms with E-state index in [2.05, 4.69) is 35.1 Å². The Bertz CT molecular complexity index is 3200. The number of halogens is 2. The summed E-state index contributed by atoms with van der Waals surface area (Å²) < 4.78 is 62.1. The summed E-state index contributed by atoms with van der Waals surface area (Å²) in [5.74, 6) is 2.34. The Kier molecular flexibility index (Phi) is 21.5. The fourth-order valence-corrected chi connectivity index (χ4v) is 16.2. The average molecular weight is 1290 g/mol. The molecule has 6 heterocycles. The van der Waals surface area contributed by atoms with Crippen LogP contribution >= 0.6 is 23.2 Å². The Morgan fingerprint density at radius 1 is 0.586 bits per heavy atom. The van der Waals surface area contributed by atoms with Gasteiger partial charge in [0.2, 0.25) is 20.0 Å². The molecule has 0 aromatic heterocycles. The maximum atomic E-state index is 13.4. The molecule has 87 heavy (non-hydrogen) atoms. The van der Waals surface area contributed by atoms with Crippen molar-refractivity contribution >= 4 is 102 Å². The zero-order valence-electron chi connectivity index (χ0n) is 51.7. The second-order valence-corrected chi connectivity index (χ2v) is 31.0. The number of nitrogens with one attached hydrogen (secondary N) is 4. The van der Waals surface area contributed by atoms with E-state index in [0.29, 0.717) is 55.3 Å². The lowest BCUT2D eigenvalue weighted by molar-refractivity contribution is -0.125. The topological polar surface area (TPSA) is 286 Å². The molecule has 4 saturated heterocycles. The zero-order chi connectivity index (χ0) is 63.6. The number of carbonyl (C=O) groups excluding carboxylic acids is 6. The highest BCUT2D eigenvalue weighted by atomic mass is 35.5. The number of anilines is 2. The number of amides is 8. The number of aryl methyl sites for hydroxylation is 4. The van der Waals surface area contributed by atoms with Crippen molar-refractivity contribution in [2.24, 2.45) is 33.7 Å². The molecule has 8 aliphatic rings. The van der Waals surface area contributed by atoms with Gasteiger partial charge in [-0.3, -0.25) is 29.2 Å². The van der Waals surface area contributed by atoms with Crippen LogP contribution in [0.1, 0.15) is 145 Å². The van der Waals surface area contributed by atoms with Crippen LogP contribution in [0.2, 0.25) is 0 Å². The molecule has 2 unspecified atom stereocenters. The van der Waals surface area contributed by atoms with Gasteiger partial charge in [-0.05, 0) is 182 Å². The fourth-order valence-electron chi connectivity index (χ4n) is 13.3. The van der Waals surface area contributed by atoms with Gasteiger partial charge in [-0.25, -0.2) is 44.8 Å². The molecule has 2 spiro atoms. The molecule has 2 aliphatic carbocycles. The number of hydrogen-bond donors (Lipinski definition) is 5. The first-order valence-electron chi connectivity index (χ1n) is 30.6. The second-order valence-electron chi connectivity index (χ2n) is 26.0. The summed E-state index contributed by atoms with van der Waals surface area (Å²) in [5, 5.41) is 20.7. The molecular formula is C61H88Cl2N10O12S2. The van der Waals surface area contributed by atoms with Gasteiger partial charge >= 0.3 is 12.1 Å². The number of rotatable bonds is 15. The van der Waals surface area contributed by atoms with Gasteiger partial charge in [0.1, 0.15) is 34.8 Å². The van der Waals surface area contributed by atoms with Gasteiger partial charge in [0.25, 0.3) is 23.6 Å². The summed E-state index contributed by atoms with van der Waals surface area (Å²) in [4.78, 5) is 88.4. The van der Waals surface area contributed by atoms with E-state index in [-0.39, 0.29) is 85.6 Å². The highest BCUT2D eigenvalue weighted by molar-refractivity contribution is 7.89. The van der Waals surface area contributed by atoms with Crippen LogP contribution in [0, 0.1) is 51.4 Å². The maximum Gasteiger partial charge on any atom is 0.329 e. The lowest BCUT2D eigenvalue weighted by Gasteiger charge is -2.34. The Morgan fingerprint density at radius 3 is 1.24 bits per heavy atom. The normalized spacial score (nSPS) is 26.0. The number of piperidine rings is 2. The van der Waals surface area contributed by atoms with E-state index >= 15 is 0 Å². The maximum absolute atomic E-state index is 13.4. The standard InChI is InChI=1S/C32H47N5O6S.C28H39N5O6S.CH2Cl2/c1-20-7-9-23(10-8-20)27-34-29(39)32(35-27)12-14-36(15-13-32)44(41,42)16-11-25-21(2)17-24(18-22(25)3)37-28(38)26(33-30(37)40)19-43-31(4,5)6;1-17-4-6-20(7-5-17)24-30-26(36)28(31-24)9-11-32(12-10-28)40(38,39)13-8-22-18(2)14-21(15-19(22)3)33-25(35)23(16-34)29-27(33)37;2-1-3/h17-18,20,23,26H,7-16,19H2,1-6H3,(H,33,40)(H,34,35,39);14-15,17,20,23,34H,4-13,16H2,1-3H3,(H,29,37)(H,30,31,36);1H2. The Morgan fingerprint density at radius 2 is 0.920 bits per heavy atom. The Hall–Kier alpha value is -5.08. The first-order valence-corrected chi connectivity index (χ1v) is 34.9. The molecule has 2 saturated carbocycles. The summed E-state index contributed by atoms with van der Waals surface area (Å²) in [6.07, 6.45) is 10.8. The van der Waals surface area contributed by atoms with Crippen LogP contribution < -0.4 is 31.1 Å². The third kappa shape index (κ3) is 15.4. The number of urea groups is 2. The van der Waals surface area contributed by atoms with E-state index in [1.165, 1.54) is 8.61 Å². The molecule has 6 aliphatic heterocycles. The number of sulfonamides is 2. The minimum atomic E-state index is -3.58. The zero-order valence-corrected chi connectivity index (χ0v) is 54.9. The molecule has 8 amide bonds. The van der Waals surface area contributed by atoms with Crippen LogP contribution in [0.5, 0.6) is 0 Å². The summed E-state index contributed by atoms with van der Waals surface area (Å²) in [6, 6.07) is 4.06. The van der Waals surface area contributed by atoms with Crippen molar-refractivity contribution < 1.29 is 55.4 Å². The molecular weight excluding hydrogens is 1200 g/mol. The molecule has 6 fully saturated rings. The van der Waals surface area contributed by atoms with Crippen LogP contribution in [0.15, 0.2) is 34.3 Å². The number of aliphatic hydroxyl groups excluding tert-OH is 1. The first kappa shape index (κ1) is 67.8. The first-order chi connectivity index (χ1) is 40.9. The largest absolute Gasteiger partial charge is 0.394 e. The monoisotopic (exact) mass is 1290 g/mol. The van der Waals surface area contributed by atoms with Crippen molar-refractivity contribution in [1.29, 1.82) is 0 Å². The lowest BCUT2D eigenvalue weighted by Crippen LogP contribution is -2.51. The van der Waals surface area contributed by atoms with E-state index in [0.717, 1.165) is 106 Å². The van der Waals surface area contributed by atoms with E-state index in [9.17, 15) is 50.7 Å². The van der Waals surface area contributed by atoms with Crippen LogP contribution in [-0.2, 0) is 56.8 Å². The lowest BCUT2D eigenvalue weighted by atomic mass is 9.82. The smallest absolute Gasteiger partial charge is 0.329 e. The number of ether oxygens (including phenoxy) is 1. The molecule has 2 atom stereocenters. The molecule has 26 heteroatoms. The Balaban J connectivity index is 0.000000217. The van der Waals surface area contributed by atoms with Crippen molar-refractivity contribution in [3.05, 3.63) is 57.6 Å². The SMILES string of the molecule is Cc1cc(N2C(=O)NC(CO)C2=O)cc(C)c1CCS(=O)(=O)N1CCC2(CC1)N=C(C1CCC(C)CC1)NC2=O.Cc1cc(N2C(=O)NC(COC(C)(C)C)C2=O)cc(C)c1CCS(=O)(=O)N1CCC2(CC1)N=C(C1CCC(C)CC1)NC2=O.ClCCl. The van der Waals surface area contributed by atoms with Crippen LogP contribution in [-0.4, -0.2) is 163 Å². The predicted octanol–water partition coefficient (Wildman–Crippen LogP) is 6.81. The molecule has 5 N–H and O–H groups in total. The van der Waals surface area contributed by atoms with E-state index < -0.39 is 73.4 Å². The second kappa shape index (κ2) is 27.6. The highest BCUT2D eigenvalue weighted by Gasteiger charge is 2.50. The van der Waals surface area contributed by atoms with Gasteiger partial charge in [0.05, 0.1) is 47.0 Å². The van der Waals surface area contributed by atoms with E-state index in [4.69, 9.17) is 37.9 Å². The molecule has 2 aromatic carbocycles. The third-order valence-electron chi connectivity index (χ3n) is 18.7. The molecule has 0 radical (unpaired) electrons. The number of aliphatic imine (C=N–C) groups is 2. The van der Waals surface area contributed by atoms with Crippen LogP contribution in [0.4, 0.5) is 21.0 Å². The quantitative estimate of drug-likeness (QED) is 0.0909. The molecule has 22 nitrogen and oxygen atoms in total. The van der Waals surface area contributed by atoms with Crippen LogP contribution in [0.3, 0.4) is 0 Å². The predicted molar refractivity (Wildman–Crippen MR) is 336 cm³/mol. The van der Waals surface area contributed by atoms with E-state index in [1.807, 2.05) is 48.5 Å². The van der Waals surface area contributed by atoms with Gasteiger partial charge in [-0.1, -0.05) is 39.5 Å². The molecule has 480 valence electrons. The summed E-state index contributed by atoms with van der Waals surface area (Å²) in [5.41, 5.74) is 3.56. The highest BCUT2D eigenvalue weighted by Crippen LogP contribution is 2.39. The number of hydrogen-bond acceptors (Lipinski definition) is 14. The Labute approximate surface area is 522 Å². The number of nitrogens with zero attached hydrogens (tertiary/aromatic N) is 6. The van der Waals surface area contributed by atoms with Gasteiger partial charge in [-0.2, -0.15) is 0 Å². The van der Waals surface area contributed by atoms with Gasteiger partial charge < -0.3 is 31.1 Å². The minimum absolute atomic E-state index is 0.0721. The van der Waals surface area contributed by atoms with Crippen molar-refractivity contribution in [2.45, 2.75) is 181 Å². The summed E-state index contributed by atoms with van der Waals surface area (Å²) >= 11 is 9.53. The number of aliphatic hydroxyl groups is 1. The number of carbonyl (C=O) groups is 6. The summed E-state index contributed by atoms with van der Waals surface area (Å²) in [7, 11) is -7.15. The van der Waals surface area contributed by atoms with Crippen molar-refractivity contribution in [3.63, 3.8) is 0 Å². The fraction of sp³-hybridized carbons (Fsp3) is 0.672. The van der Waals surface area contributed by atoms with Crippen molar-refractivity contribution in [3.8, 4) is 0 Å². The van der Waals surface area contributed by atoms with Crippen LogP contribution in [0.25, 0.3) is 0 Å². The summed E-state index contributed by atoms with van der Waals surface area (Å²) in [6.45, 7) is 18.2.